The third-order valence-electron chi connectivity index (χ3n) is 5.31. The van der Waals surface area contributed by atoms with Gasteiger partial charge in [-0.3, -0.25) is 19.9 Å². The van der Waals surface area contributed by atoms with Crippen LogP contribution in [0.4, 0.5) is 5.82 Å². The summed E-state index contributed by atoms with van der Waals surface area (Å²) in [6.45, 7) is 2.11. The first-order valence-electron chi connectivity index (χ1n) is 9.23. The van der Waals surface area contributed by atoms with E-state index in [1.54, 1.807) is 12.4 Å². The molecule has 1 aromatic heterocycles. The Balaban J connectivity index is 1.30. The number of anilines is 1. The van der Waals surface area contributed by atoms with Gasteiger partial charge in [-0.1, -0.05) is 24.3 Å². The Bertz CT molecular complexity index is 812. The maximum atomic E-state index is 11.0. The standard InChI is InChI=1S/C20H23N5O2/c26-20(24-27)6-5-16-11-22-19(12-21-16)23-17-7-8-25(13-17)18-9-14-3-1-2-4-15(14)10-18/h1-6,11-12,17-18,27H,7-10,13H2,(H,22,23)(H,24,26)/b6-5+/t17-/m1/s1. The second-order valence-electron chi connectivity index (χ2n) is 7.09. The average molecular weight is 365 g/mol. The number of fused-ring (bicyclic) bond motifs is 1. The highest BCUT2D eigenvalue weighted by Gasteiger charge is 2.32. The lowest BCUT2D eigenvalue weighted by Gasteiger charge is -2.23. The lowest BCUT2D eigenvalue weighted by molar-refractivity contribution is -0.124. The summed E-state index contributed by atoms with van der Waals surface area (Å²) in [4.78, 5) is 22.2. The van der Waals surface area contributed by atoms with Gasteiger partial charge < -0.3 is 5.32 Å². The Labute approximate surface area is 158 Å². The molecule has 0 spiro atoms. The molecule has 140 valence electrons. The first-order chi connectivity index (χ1) is 13.2. The summed E-state index contributed by atoms with van der Waals surface area (Å²) in [6.07, 6.45) is 9.35. The van der Waals surface area contributed by atoms with E-state index >= 15 is 0 Å². The van der Waals surface area contributed by atoms with Gasteiger partial charge in [0.1, 0.15) is 5.82 Å². The van der Waals surface area contributed by atoms with Crippen LogP contribution in [-0.4, -0.2) is 51.2 Å². The number of nitrogens with one attached hydrogen (secondary N) is 2. The molecule has 27 heavy (non-hydrogen) atoms. The predicted octanol–water partition coefficient (Wildman–Crippen LogP) is 1.65. The van der Waals surface area contributed by atoms with Crippen LogP contribution in [0.1, 0.15) is 23.2 Å². The summed E-state index contributed by atoms with van der Waals surface area (Å²) in [6, 6.07) is 9.72. The van der Waals surface area contributed by atoms with Crippen molar-refractivity contribution in [2.24, 2.45) is 0 Å². The molecule has 2 aliphatic rings. The van der Waals surface area contributed by atoms with Gasteiger partial charge in [0.2, 0.25) is 0 Å². The first kappa shape index (κ1) is 17.6. The predicted molar refractivity (Wildman–Crippen MR) is 102 cm³/mol. The van der Waals surface area contributed by atoms with E-state index in [1.807, 2.05) is 0 Å². The van der Waals surface area contributed by atoms with E-state index in [4.69, 9.17) is 5.21 Å². The molecule has 4 rings (SSSR count). The van der Waals surface area contributed by atoms with Crippen molar-refractivity contribution in [2.45, 2.75) is 31.3 Å². The summed E-state index contributed by atoms with van der Waals surface area (Å²) >= 11 is 0. The van der Waals surface area contributed by atoms with Crippen LogP contribution >= 0.6 is 0 Å². The summed E-state index contributed by atoms with van der Waals surface area (Å²) < 4.78 is 0. The number of hydrogen-bond acceptors (Lipinski definition) is 6. The molecule has 1 aliphatic heterocycles. The number of rotatable bonds is 5. The quantitative estimate of drug-likeness (QED) is 0.424. The van der Waals surface area contributed by atoms with Crippen LogP contribution in [0.15, 0.2) is 42.7 Å². The third-order valence-corrected chi connectivity index (χ3v) is 5.31. The molecule has 2 aromatic rings. The number of hydroxylamine groups is 1. The van der Waals surface area contributed by atoms with Crippen LogP contribution in [0.25, 0.3) is 6.08 Å². The molecule has 1 aromatic carbocycles. The molecular weight excluding hydrogens is 342 g/mol. The maximum absolute atomic E-state index is 11.0. The van der Waals surface area contributed by atoms with Crippen molar-refractivity contribution >= 4 is 17.8 Å². The van der Waals surface area contributed by atoms with Gasteiger partial charge in [0, 0.05) is 31.2 Å². The van der Waals surface area contributed by atoms with E-state index in [0.717, 1.165) is 38.2 Å². The minimum Gasteiger partial charge on any atom is -0.365 e. The van der Waals surface area contributed by atoms with Gasteiger partial charge in [0.15, 0.2) is 0 Å². The van der Waals surface area contributed by atoms with Gasteiger partial charge >= 0.3 is 0 Å². The van der Waals surface area contributed by atoms with Gasteiger partial charge in [-0.25, -0.2) is 10.5 Å². The lowest BCUT2D eigenvalue weighted by atomic mass is 10.1. The normalized spacial score (nSPS) is 20.1. The van der Waals surface area contributed by atoms with Gasteiger partial charge in [-0.2, -0.15) is 0 Å². The first-order valence-corrected chi connectivity index (χ1v) is 9.23. The molecule has 1 saturated heterocycles. The highest BCUT2D eigenvalue weighted by atomic mass is 16.5. The van der Waals surface area contributed by atoms with Gasteiger partial charge in [-0.15, -0.1) is 0 Å². The van der Waals surface area contributed by atoms with Gasteiger partial charge in [-0.05, 0) is 36.5 Å². The van der Waals surface area contributed by atoms with E-state index in [9.17, 15) is 4.79 Å². The molecule has 1 amide bonds. The summed E-state index contributed by atoms with van der Waals surface area (Å²) in [5.41, 5.74) is 5.07. The molecule has 3 N–H and O–H groups in total. The van der Waals surface area contributed by atoms with Crippen molar-refractivity contribution < 1.29 is 10.0 Å². The molecule has 1 fully saturated rings. The molecule has 0 unspecified atom stereocenters. The van der Waals surface area contributed by atoms with Gasteiger partial charge in [0.05, 0.1) is 18.1 Å². The number of nitrogens with zero attached hydrogens (tertiary/aromatic N) is 3. The minimum absolute atomic E-state index is 0.365. The van der Waals surface area contributed by atoms with Crippen LogP contribution in [0, 0.1) is 0 Å². The van der Waals surface area contributed by atoms with Crippen LogP contribution in [0.2, 0.25) is 0 Å². The van der Waals surface area contributed by atoms with E-state index in [-0.39, 0.29) is 0 Å². The Kier molecular flexibility index (Phi) is 5.13. The molecule has 0 radical (unpaired) electrons. The van der Waals surface area contributed by atoms with Crippen LogP contribution in [-0.2, 0) is 17.6 Å². The second kappa shape index (κ2) is 7.85. The summed E-state index contributed by atoms with van der Waals surface area (Å²) in [5.74, 6) is 0.138. The van der Waals surface area contributed by atoms with E-state index in [2.05, 4.69) is 44.5 Å². The Morgan fingerprint density at radius 2 is 1.96 bits per heavy atom. The largest absolute Gasteiger partial charge is 0.365 e. The molecule has 2 heterocycles. The van der Waals surface area contributed by atoms with E-state index in [0.29, 0.717) is 17.8 Å². The highest BCUT2D eigenvalue weighted by Crippen LogP contribution is 2.28. The number of likely N-dealkylation sites (tertiary alicyclic amines) is 1. The fourth-order valence-corrected chi connectivity index (χ4v) is 3.94. The van der Waals surface area contributed by atoms with Crippen LogP contribution in [0.5, 0.6) is 0 Å². The summed E-state index contributed by atoms with van der Waals surface area (Å²) in [5, 5.41) is 11.9. The fourth-order valence-electron chi connectivity index (χ4n) is 3.94. The Hall–Kier alpha value is -2.77. The smallest absolute Gasteiger partial charge is 0.267 e. The van der Waals surface area contributed by atoms with Crippen molar-refractivity contribution in [2.75, 3.05) is 18.4 Å². The summed E-state index contributed by atoms with van der Waals surface area (Å²) in [7, 11) is 0. The molecule has 0 saturated carbocycles. The van der Waals surface area contributed by atoms with Crippen molar-refractivity contribution in [3.05, 3.63) is 59.6 Å². The lowest BCUT2D eigenvalue weighted by Crippen LogP contribution is -2.35. The zero-order valence-corrected chi connectivity index (χ0v) is 15.0. The third kappa shape index (κ3) is 4.15. The highest BCUT2D eigenvalue weighted by molar-refractivity contribution is 5.90. The van der Waals surface area contributed by atoms with Crippen molar-refractivity contribution in [3.8, 4) is 0 Å². The zero-order valence-electron chi connectivity index (χ0n) is 15.0. The topological polar surface area (TPSA) is 90.4 Å². The number of aromatic nitrogens is 2. The van der Waals surface area contributed by atoms with E-state index in [1.165, 1.54) is 28.8 Å². The fraction of sp³-hybridized carbons (Fsp3) is 0.350. The van der Waals surface area contributed by atoms with Crippen molar-refractivity contribution in [1.82, 2.24) is 20.3 Å². The SMILES string of the molecule is O=C(/C=C/c1cnc(N[C@@H]2CCN(C3Cc4ccccc4C3)C2)cn1)NO. The monoisotopic (exact) mass is 365 g/mol. The van der Waals surface area contributed by atoms with Crippen molar-refractivity contribution in [1.29, 1.82) is 0 Å². The van der Waals surface area contributed by atoms with E-state index < -0.39 is 5.91 Å². The van der Waals surface area contributed by atoms with Crippen LogP contribution in [0.3, 0.4) is 0 Å². The molecule has 1 atom stereocenters. The Morgan fingerprint density at radius 3 is 2.63 bits per heavy atom. The second-order valence-corrected chi connectivity index (χ2v) is 7.09. The number of benzene rings is 1. The number of amides is 1. The molecular formula is C20H23N5O2. The number of carbonyl (C=O) groups excluding carboxylic acids is 1. The van der Waals surface area contributed by atoms with Gasteiger partial charge in [0.25, 0.3) is 5.91 Å². The molecule has 7 heteroatoms. The Morgan fingerprint density at radius 1 is 1.19 bits per heavy atom. The molecule has 7 nitrogen and oxygen atoms in total. The maximum Gasteiger partial charge on any atom is 0.267 e. The minimum atomic E-state index is -0.598. The van der Waals surface area contributed by atoms with Crippen LogP contribution < -0.4 is 10.8 Å². The average Bonchev–Trinajstić information content (AvgIpc) is 3.33. The number of carbonyl (C=O) groups is 1. The zero-order chi connectivity index (χ0) is 18.6. The molecule has 0 bridgehead atoms. The number of hydrogen-bond donors (Lipinski definition) is 3. The molecule has 1 aliphatic carbocycles. The van der Waals surface area contributed by atoms with Crippen molar-refractivity contribution in [3.63, 3.8) is 0 Å².